The van der Waals surface area contributed by atoms with Crippen molar-refractivity contribution in [3.05, 3.63) is 70.3 Å². The lowest BCUT2D eigenvalue weighted by Gasteiger charge is -2.36. The molecule has 1 aliphatic heterocycles. The van der Waals surface area contributed by atoms with E-state index < -0.39 is 16.1 Å². The van der Waals surface area contributed by atoms with Gasteiger partial charge in [-0.2, -0.15) is 4.31 Å². The molecule has 0 radical (unpaired) electrons. The lowest BCUT2D eigenvalue weighted by atomic mass is 10.0. The number of H-pyrrole nitrogens is 1. The third-order valence-corrected chi connectivity index (χ3v) is 8.17. The van der Waals surface area contributed by atoms with Gasteiger partial charge in [0.15, 0.2) is 0 Å². The van der Waals surface area contributed by atoms with Gasteiger partial charge in [-0.1, -0.05) is 36.2 Å². The molecule has 1 aromatic heterocycles. The van der Waals surface area contributed by atoms with Gasteiger partial charge in [-0.15, -0.1) is 0 Å². The average Bonchev–Trinajstić information content (AvgIpc) is 2.86. The summed E-state index contributed by atoms with van der Waals surface area (Å²) in [5.74, 6) is 0.00940. The Morgan fingerprint density at radius 3 is 2.66 bits per heavy atom. The number of nitrogens with zero attached hydrogens (tertiary/aromatic N) is 3. The highest BCUT2D eigenvalue weighted by atomic mass is 32.2. The van der Waals surface area contributed by atoms with E-state index in [0.29, 0.717) is 29.6 Å². The highest BCUT2D eigenvalue weighted by molar-refractivity contribution is 7.89. The van der Waals surface area contributed by atoms with E-state index in [2.05, 4.69) is 9.97 Å². The largest absolute Gasteiger partial charge is 0.383 e. The molecule has 2 heterocycles. The van der Waals surface area contributed by atoms with E-state index in [1.54, 1.807) is 48.5 Å². The molecule has 10 heteroatoms. The van der Waals surface area contributed by atoms with Gasteiger partial charge in [0.2, 0.25) is 15.9 Å². The van der Waals surface area contributed by atoms with Crippen molar-refractivity contribution in [1.29, 1.82) is 0 Å². The lowest BCUT2D eigenvalue weighted by Crippen LogP contribution is -2.53. The highest BCUT2D eigenvalue weighted by Crippen LogP contribution is 2.27. The quantitative estimate of drug-likeness (QED) is 0.511. The summed E-state index contributed by atoms with van der Waals surface area (Å²) in [6.45, 7) is 2.71. The number of aromatic amines is 1. The Morgan fingerprint density at radius 1 is 1.17 bits per heavy atom. The minimum atomic E-state index is -3.85. The average molecular weight is 499 g/mol. The number of hydrogen-bond donors (Lipinski definition) is 1. The number of nitrogens with one attached hydrogen (secondary N) is 1. The lowest BCUT2D eigenvalue weighted by molar-refractivity contribution is -0.137. The number of para-hydroxylation sites is 1. The summed E-state index contributed by atoms with van der Waals surface area (Å²) in [4.78, 5) is 35.2. The molecule has 1 N–H and O–H groups in total. The van der Waals surface area contributed by atoms with Crippen LogP contribution in [0.4, 0.5) is 0 Å². The van der Waals surface area contributed by atoms with Gasteiger partial charge < -0.3 is 14.6 Å². The number of hydrogen-bond acceptors (Lipinski definition) is 6. The number of benzene rings is 2. The molecule has 1 amide bonds. The number of methoxy groups -OCH3 is 1. The first-order valence-electron chi connectivity index (χ1n) is 11.7. The molecule has 4 rings (SSSR count). The van der Waals surface area contributed by atoms with Crippen molar-refractivity contribution in [3.8, 4) is 0 Å². The van der Waals surface area contributed by atoms with Crippen LogP contribution in [0.1, 0.15) is 30.7 Å². The molecule has 2 aromatic carbocycles. The first kappa shape index (κ1) is 25.0. The molecule has 0 unspecified atom stereocenters. The van der Waals surface area contributed by atoms with Gasteiger partial charge in [-0.25, -0.2) is 13.4 Å². The summed E-state index contributed by atoms with van der Waals surface area (Å²) in [5.41, 5.74) is 1.20. The predicted octanol–water partition coefficient (Wildman–Crippen LogP) is 2.45. The minimum absolute atomic E-state index is 0.0389. The number of sulfonamides is 1. The van der Waals surface area contributed by atoms with Crippen LogP contribution in [0.5, 0.6) is 0 Å². The molecule has 0 saturated carbocycles. The fraction of sp³-hybridized carbons (Fsp3) is 0.400. The Hall–Kier alpha value is -3.08. The summed E-state index contributed by atoms with van der Waals surface area (Å²) in [7, 11) is -2.32. The van der Waals surface area contributed by atoms with Gasteiger partial charge in [0.1, 0.15) is 11.9 Å². The molecular weight excluding hydrogens is 468 g/mol. The van der Waals surface area contributed by atoms with Crippen LogP contribution in [-0.4, -0.2) is 66.3 Å². The number of aryl methyl sites for hydroxylation is 1. The van der Waals surface area contributed by atoms with Gasteiger partial charge in [0, 0.05) is 20.2 Å². The number of piperidine rings is 1. The topological polar surface area (TPSA) is 113 Å². The minimum Gasteiger partial charge on any atom is -0.383 e. The SMILES string of the molecule is COCCN(Cc1nc2ccccc2c(=O)[nH]1)C(=O)[C@H]1CCCCN1S(=O)(=O)c1ccc(C)cc1. The Bertz CT molecular complexity index is 1350. The molecule has 1 aliphatic rings. The first-order valence-corrected chi connectivity index (χ1v) is 13.1. The van der Waals surface area contributed by atoms with Crippen LogP contribution >= 0.6 is 0 Å². The Kier molecular flexibility index (Phi) is 7.63. The summed E-state index contributed by atoms with van der Waals surface area (Å²) >= 11 is 0. The van der Waals surface area contributed by atoms with E-state index in [4.69, 9.17) is 4.74 Å². The molecule has 0 spiro atoms. The second-order valence-corrected chi connectivity index (χ2v) is 10.6. The molecule has 9 nitrogen and oxygen atoms in total. The maximum Gasteiger partial charge on any atom is 0.258 e. The third kappa shape index (κ3) is 5.44. The van der Waals surface area contributed by atoms with E-state index in [1.165, 1.54) is 16.3 Å². The van der Waals surface area contributed by atoms with Gasteiger partial charge in [0.05, 0.1) is 29.0 Å². The van der Waals surface area contributed by atoms with Crippen LogP contribution in [0.3, 0.4) is 0 Å². The summed E-state index contributed by atoms with van der Waals surface area (Å²) in [6, 6.07) is 12.8. The van der Waals surface area contributed by atoms with Crippen LogP contribution < -0.4 is 5.56 Å². The summed E-state index contributed by atoms with van der Waals surface area (Å²) in [5, 5.41) is 0.466. The highest BCUT2D eigenvalue weighted by Gasteiger charge is 2.39. The van der Waals surface area contributed by atoms with Crippen LogP contribution in [0.2, 0.25) is 0 Å². The van der Waals surface area contributed by atoms with Gasteiger partial charge in [-0.05, 0) is 44.0 Å². The number of fused-ring (bicyclic) bond motifs is 1. The third-order valence-electron chi connectivity index (χ3n) is 6.25. The molecule has 35 heavy (non-hydrogen) atoms. The van der Waals surface area contributed by atoms with E-state index in [1.807, 2.05) is 6.92 Å². The van der Waals surface area contributed by atoms with Gasteiger partial charge >= 0.3 is 0 Å². The van der Waals surface area contributed by atoms with E-state index >= 15 is 0 Å². The molecule has 3 aromatic rings. The Morgan fingerprint density at radius 2 is 1.91 bits per heavy atom. The second kappa shape index (κ2) is 10.7. The smallest absolute Gasteiger partial charge is 0.258 e. The van der Waals surface area contributed by atoms with E-state index in [0.717, 1.165) is 12.0 Å². The Labute approximate surface area is 204 Å². The van der Waals surface area contributed by atoms with Crippen molar-refractivity contribution in [3.63, 3.8) is 0 Å². The first-order chi connectivity index (χ1) is 16.8. The van der Waals surface area contributed by atoms with Crippen molar-refractivity contribution >= 4 is 26.8 Å². The van der Waals surface area contributed by atoms with Gasteiger partial charge in [0.25, 0.3) is 5.56 Å². The molecular formula is C25H30N4O5S. The molecule has 0 bridgehead atoms. The number of aromatic nitrogens is 2. The van der Waals surface area contributed by atoms with Crippen molar-refractivity contribution < 1.29 is 17.9 Å². The predicted molar refractivity (Wildman–Crippen MR) is 132 cm³/mol. The summed E-state index contributed by atoms with van der Waals surface area (Å²) in [6.07, 6.45) is 1.86. The van der Waals surface area contributed by atoms with Crippen molar-refractivity contribution in [2.75, 3.05) is 26.8 Å². The number of carbonyl (C=O) groups excluding carboxylic acids is 1. The number of ether oxygens (including phenoxy) is 1. The number of carbonyl (C=O) groups is 1. The normalized spacial score (nSPS) is 16.9. The summed E-state index contributed by atoms with van der Waals surface area (Å²) < 4.78 is 33.5. The maximum atomic E-state index is 13.7. The van der Waals surface area contributed by atoms with Crippen molar-refractivity contribution in [2.24, 2.45) is 0 Å². The maximum absolute atomic E-state index is 13.7. The molecule has 0 aliphatic carbocycles. The molecule has 1 saturated heterocycles. The monoisotopic (exact) mass is 498 g/mol. The second-order valence-electron chi connectivity index (χ2n) is 8.72. The van der Waals surface area contributed by atoms with Gasteiger partial charge in [-0.3, -0.25) is 9.59 Å². The van der Waals surface area contributed by atoms with E-state index in [-0.39, 0.29) is 42.6 Å². The van der Waals surface area contributed by atoms with Crippen LogP contribution in [0.25, 0.3) is 10.9 Å². The zero-order chi connectivity index (χ0) is 25.0. The van der Waals surface area contributed by atoms with Crippen molar-refractivity contribution in [2.45, 2.75) is 43.7 Å². The number of rotatable bonds is 8. The zero-order valence-corrected chi connectivity index (χ0v) is 20.8. The fourth-order valence-corrected chi connectivity index (χ4v) is 6.01. The number of amides is 1. The van der Waals surface area contributed by atoms with Crippen LogP contribution in [-0.2, 0) is 26.1 Å². The fourth-order valence-electron chi connectivity index (χ4n) is 4.36. The Balaban J connectivity index is 1.64. The zero-order valence-electron chi connectivity index (χ0n) is 19.9. The molecule has 1 fully saturated rings. The van der Waals surface area contributed by atoms with Crippen LogP contribution in [0.15, 0.2) is 58.2 Å². The molecule has 1 atom stereocenters. The standard InChI is InChI=1S/C25H30N4O5S/c1-18-10-12-19(13-11-18)35(32,33)29-14-6-5-9-22(29)25(31)28(15-16-34-2)17-23-26-21-8-4-3-7-20(21)24(30)27-23/h3-4,7-8,10-13,22H,5-6,9,14-17H2,1-2H3,(H,26,27,30)/t22-/m1/s1. The van der Waals surface area contributed by atoms with Crippen molar-refractivity contribution in [1.82, 2.24) is 19.2 Å². The van der Waals surface area contributed by atoms with Crippen LogP contribution in [0, 0.1) is 6.92 Å². The molecule has 186 valence electrons. The van der Waals surface area contributed by atoms with E-state index in [9.17, 15) is 18.0 Å².